The van der Waals surface area contributed by atoms with Gasteiger partial charge in [-0.2, -0.15) is 0 Å². The Balaban J connectivity index is 3.63. The third-order valence-electron chi connectivity index (χ3n) is 14.6. The molecule has 1 amide bonds. The van der Waals surface area contributed by atoms with Gasteiger partial charge >= 0.3 is 0 Å². The van der Waals surface area contributed by atoms with E-state index >= 15 is 0 Å². The molecule has 0 aliphatic carbocycles. The Morgan fingerprint density at radius 2 is 0.557 bits per heavy atom. The number of carbonyl (C=O) groups excluding carboxylic acids is 1. The molecule has 0 aliphatic heterocycles. The van der Waals surface area contributed by atoms with Crippen molar-refractivity contribution in [1.82, 2.24) is 5.32 Å². The molecule has 0 bridgehead atoms. The van der Waals surface area contributed by atoms with Crippen LogP contribution in [0.15, 0.2) is 146 Å². The zero-order valence-corrected chi connectivity index (χ0v) is 51.8. The molecule has 79 heavy (non-hydrogen) atoms. The van der Waals surface area contributed by atoms with Crippen molar-refractivity contribution in [2.45, 2.75) is 315 Å². The minimum Gasteiger partial charge on any atom is -0.394 e. The van der Waals surface area contributed by atoms with Crippen LogP contribution in [0.3, 0.4) is 0 Å². The first-order chi connectivity index (χ1) is 39.2. The number of amides is 1. The van der Waals surface area contributed by atoms with E-state index in [1.165, 1.54) is 167 Å². The minimum absolute atomic E-state index is 0.0758. The van der Waals surface area contributed by atoms with E-state index in [-0.39, 0.29) is 12.5 Å². The molecule has 2 unspecified atom stereocenters. The van der Waals surface area contributed by atoms with Crippen molar-refractivity contribution >= 4 is 5.91 Å². The van der Waals surface area contributed by atoms with Gasteiger partial charge in [-0.05, 0) is 103 Å². The van der Waals surface area contributed by atoms with Gasteiger partial charge in [0.25, 0.3) is 0 Å². The fraction of sp³-hybridized carbons (Fsp3) is 0.667. The second-order valence-electron chi connectivity index (χ2n) is 22.2. The van der Waals surface area contributed by atoms with Crippen LogP contribution in [0.2, 0.25) is 0 Å². The summed E-state index contributed by atoms with van der Waals surface area (Å²) in [5, 5.41) is 23.4. The Kier molecular flexibility index (Phi) is 65.3. The van der Waals surface area contributed by atoms with Gasteiger partial charge in [-0.25, -0.2) is 0 Å². The lowest BCUT2D eigenvalue weighted by Gasteiger charge is -2.22. The van der Waals surface area contributed by atoms with Gasteiger partial charge in [-0.3, -0.25) is 4.79 Å². The van der Waals surface area contributed by atoms with Crippen molar-refractivity contribution < 1.29 is 15.0 Å². The van der Waals surface area contributed by atoms with Crippen LogP contribution in [0.4, 0.5) is 0 Å². The minimum atomic E-state index is -0.691. The van der Waals surface area contributed by atoms with Crippen LogP contribution in [-0.2, 0) is 4.79 Å². The number of nitrogens with one attached hydrogen (secondary N) is 1. The zero-order valence-electron chi connectivity index (χ0n) is 51.8. The van der Waals surface area contributed by atoms with Crippen LogP contribution >= 0.6 is 0 Å². The zero-order chi connectivity index (χ0) is 56.9. The molecule has 4 nitrogen and oxygen atoms in total. The van der Waals surface area contributed by atoms with Crippen molar-refractivity contribution in [3.05, 3.63) is 146 Å². The Morgan fingerprint density at radius 1 is 0.316 bits per heavy atom. The number of unbranched alkanes of at least 4 members (excludes halogenated alkanes) is 29. The second-order valence-corrected chi connectivity index (χ2v) is 22.2. The normalized spacial score (nSPS) is 13.7. The van der Waals surface area contributed by atoms with Gasteiger partial charge in [-0.15, -0.1) is 0 Å². The summed E-state index contributed by atoms with van der Waals surface area (Å²) in [5.41, 5.74) is 0. The quantitative estimate of drug-likeness (QED) is 0.0420. The molecule has 0 saturated carbocycles. The molecular formula is C75H127NO3. The summed E-state index contributed by atoms with van der Waals surface area (Å²) in [6.45, 7) is 4.24. The molecule has 0 aromatic carbocycles. The highest BCUT2D eigenvalue weighted by Gasteiger charge is 2.20. The van der Waals surface area contributed by atoms with Gasteiger partial charge in [0.2, 0.25) is 5.91 Å². The molecule has 0 heterocycles. The molecule has 0 fully saturated rings. The van der Waals surface area contributed by atoms with Crippen LogP contribution in [0.1, 0.15) is 303 Å². The summed E-state index contributed by atoms with van der Waals surface area (Å²) in [6, 6.07) is -0.573. The average molecular weight is 1090 g/mol. The highest BCUT2D eigenvalue weighted by Crippen LogP contribution is 2.17. The predicted molar refractivity (Wildman–Crippen MR) is 354 cm³/mol. The lowest BCUT2D eigenvalue weighted by Crippen LogP contribution is -2.45. The van der Waals surface area contributed by atoms with Crippen molar-refractivity contribution in [2.24, 2.45) is 0 Å². The van der Waals surface area contributed by atoms with Gasteiger partial charge in [0.15, 0.2) is 0 Å². The molecule has 0 aromatic rings. The average Bonchev–Trinajstić information content (AvgIpc) is 3.45. The Hall–Kier alpha value is -3.73. The predicted octanol–water partition coefficient (Wildman–Crippen LogP) is 23.1. The largest absolute Gasteiger partial charge is 0.394 e. The van der Waals surface area contributed by atoms with Crippen LogP contribution in [0.5, 0.6) is 0 Å². The monoisotopic (exact) mass is 1090 g/mol. The van der Waals surface area contributed by atoms with Gasteiger partial charge in [-0.1, -0.05) is 339 Å². The highest BCUT2D eigenvalue weighted by molar-refractivity contribution is 5.76. The Labute approximate surface area is 491 Å². The molecule has 0 aromatic heterocycles. The van der Waals surface area contributed by atoms with E-state index in [0.717, 1.165) is 109 Å². The summed E-state index contributed by atoms with van der Waals surface area (Å²) < 4.78 is 0. The lowest BCUT2D eigenvalue weighted by molar-refractivity contribution is -0.123. The second kappa shape index (κ2) is 68.5. The number of carbonyl (C=O) groups is 1. The molecule has 450 valence electrons. The standard InChI is InChI=1S/C75H127NO3/c1-3-5-7-9-11-13-15-17-19-21-23-25-27-29-31-33-34-35-36-37-38-39-40-41-42-43-45-47-49-51-53-55-57-59-61-63-65-67-69-71-75(79)76-73(72-77)74(78)70-68-66-64-62-60-58-56-54-52-50-48-46-44-32-30-28-26-24-22-20-18-16-14-12-10-8-6-4-2/h5,7,11,13,17,19,23,25,29,31,34-35,37-38,40-41,43,45,49,51,55,57,61,63,73-74,77-78H,3-4,6,8-10,12,14-16,18,20-22,24,26-28,30,32-33,36,39,42,44,46-48,50,52-54,56,58-60,62,64-72H2,1-2H3,(H,76,79)/b7-5-,13-11-,19-17-,25-23-,31-29-,35-34-,38-37-,41-40-,45-43-,51-49-,57-55-,63-61-. The third-order valence-corrected chi connectivity index (χ3v) is 14.6. The van der Waals surface area contributed by atoms with E-state index in [9.17, 15) is 15.0 Å². The van der Waals surface area contributed by atoms with Crippen LogP contribution < -0.4 is 5.32 Å². The number of hydrogen-bond acceptors (Lipinski definition) is 3. The van der Waals surface area contributed by atoms with Crippen LogP contribution in [0, 0.1) is 0 Å². The summed E-state index contributed by atoms with van der Waals surface area (Å²) >= 11 is 0. The maximum atomic E-state index is 12.5. The molecule has 0 saturated heterocycles. The molecule has 4 heteroatoms. The van der Waals surface area contributed by atoms with Gasteiger partial charge in [0.05, 0.1) is 18.8 Å². The SMILES string of the molecule is CC/C=C\C/C=C\C/C=C\C/C=C\C/C=C\C/C=C\C/C=C\C/C=C\C/C=C\C/C=C\C/C=C\C/C=C\CCCCC(=O)NC(CO)C(O)CCCCCCCCCCCCCCCCCCCCCCCCCCCCCC. The number of rotatable bonds is 60. The molecule has 3 N–H and O–H groups in total. The van der Waals surface area contributed by atoms with Gasteiger partial charge in [0, 0.05) is 6.42 Å². The van der Waals surface area contributed by atoms with Crippen molar-refractivity contribution in [2.75, 3.05) is 6.61 Å². The third kappa shape index (κ3) is 65.0. The number of aliphatic hydroxyl groups is 2. The van der Waals surface area contributed by atoms with E-state index in [1.54, 1.807) is 0 Å². The Morgan fingerprint density at radius 3 is 0.810 bits per heavy atom. The molecule has 2 atom stereocenters. The fourth-order valence-corrected chi connectivity index (χ4v) is 9.58. The molecule has 0 rings (SSSR count). The summed E-state index contributed by atoms with van der Waals surface area (Å²) in [7, 11) is 0. The van der Waals surface area contributed by atoms with Crippen LogP contribution in [0.25, 0.3) is 0 Å². The first kappa shape index (κ1) is 75.3. The number of allylic oxidation sites excluding steroid dienone is 24. The van der Waals surface area contributed by atoms with Crippen LogP contribution in [-0.4, -0.2) is 34.9 Å². The smallest absolute Gasteiger partial charge is 0.220 e. The van der Waals surface area contributed by atoms with E-state index in [2.05, 4.69) is 165 Å². The summed E-state index contributed by atoms with van der Waals surface area (Å²) in [5.74, 6) is -0.0758. The van der Waals surface area contributed by atoms with E-state index in [4.69, 9.17) is 0 Å². The summed E-state index contributed by atoms with van der Waals surface area (Å²) in [4.78, 5) is 12.5. The topological polar surface area (TPSA) is 69.6 Å². The molecule has 0 radical (unpaired) electrons. The molecule has 0 aliphatic rings. The Bertz CT molecular complexity index is 1620. The lowest BCUT2D eigenvalue weighted by atomic mass is 10.0. The van der Waals surface area contributed by atoms with E-state index in [1.807, 2.05) is 0 Å². The molecule has 0 spiro atoms. The number of hydrogen-bond donors (Lipinski definition) is 3. The van der Waals surface area contributed by atoms with Crippen molar-refractivity contribution in [3.8, 4) is 0 Å². The highest BCUT2D eigenvalue weighted by atomic mass is 16.3. The van der Waals surface area contributed by atoms with Crippen molar-refractivity contribution in [1.29, 1.82) is 0 Å². The van der Waals surface area contributed by atoms with E-state index < -0.39 is 12.1 Å². The first-order valence-corrected chi connectivity index (χ1v) is 33.5. The first-order valence-electron chi connectivity index (χ1n) is 33.5. The van der Waals surface area contributed by atoms with E-state index in [0.29, 0.717) is 12.8 Å². The fourth-order valence-electron chi connectivity index (χ4n) is 9.58. The number of aliphatic hydroxyl groups excluding tert-OH is 2. The molecular weight excluding hydrogens is 963 g/mol. The maximum Gasteiger partial charge on any atom is 0.220 e. The van der Waals surface area contributed by atoms with Gasteiger partial charge in [0.1, 0.15) is 0 Å². The van der Waals surface area contributed by atoms with Gasteiger partial charge < -0.3 is 15.5 Å². The maximum absolute atomic E-state index is 12.5. The van der Waals surface area contributed by atoms with Crippen molar-refractivity contribution in [3.63, 3.8) is 0 Å². The summed E-state index contributed by atoms with van der Waals surface area (Å²) in [6.07, 6.45) is 107.